The predicted octanol–water partition coefficient (Wildman–Crippen LogP) is 3.22. The molecule has 1 aliphatic carbocycles. The van der Waals surface area contributed by atoms with Gasteiger partial charge in [-0.15, -0.1) is 0 Å². The molecular formula is C17H22N4. The van der Waals surface area contributed by atoms with Gasteiger partial charge in [-0.1, -0.05) is 31.2 Å². The number of nitrogens with one attached hydrogen (secondary N) is 2. The van der Waals surface area contributed by atoms with Crippen molar-refractivity contribution in [2.75, 3.05) is 23.7 Å². The molecule has 4 nitrogen and oxygen atoms in total. The third kappa shape index (κ3) is 2.71. The Morgan fingerprint density at radius 2 is 1.86 bits per heavy atom. The van der Waals surface area contributed by atoms with E-state index in [1.54, 1.807) is 6.33 Å². The highest BCUT2D eigenvalue weighted by atomic mass is 15.1. The van der Waals surface area contributed by atoms with E-state index in [-0.39, 0.29) is 0 Å². The molecule has 0 amide bonds. The summed E-state index contributed by atoms with van der Waals surface area (Å²) in [4.78, 5) is 8.75. The fourth-order valence-electron chi connectivity index (χ4n) is 2.98. The zero-order valence-electron chi connectivity index (χ0n) is 12.7. The molecule has 0 radical (unpaired) electrons. The summed E-state index contributed by atoms with van der Waals surface area (Å²) in [5.41, 5.74) is 4.13. The van der Waals surface area contributed by atoms with Crippen LogP contribution in [0.1, 0.15) is 36.5 Å². The van der Waals surface area contributed by atoms with Crippen molar-refractivity contribution < 1.29 is 0 Å². The van der Waals surface area contributed by atoms with E-state index >= 15 is 0 Å². The van der Waals surface area contributed by atoms with Crippen LogP contribution in [0.3, 0.4) is 0 Å². The zero-order chi connectivity index (χ0) is 14.7. The number of hydrogen-bond donors (Lipinski definition) is 2. The molecule has 2 N–H and O–H groups in total. The first-order chi connectivity index (χ1) is 10.3. The van der Waals surface area contributed by atoms with Gasteiger partial charge in [-0.3, -0.25) is 0 Å². The maximum absolute atomic E-state index is 4.42. The molecule has 1 aromatic heterocycles. The number of anilines is 2. The zero-order valence-corrected chi connectivity index (χ0v) is 12.7. The second-order valence-electron chi connectivity index (χ2n) is 5.41. The lowest BCUT2D eigenvalue weighted by Crippen LogP contribution is -2.25. The minimum Gasteiger partial charge on any atom is -0.370 e. The van der Waals surface area contributed by atoms with Crippen molar-refractivity contribution >= 4 is 11.6 Å². The van der Waals surface area contributed by atoms with Crippen LogP contribution in [0.2, 0.25) is 0 Å². The summed E-state index contributed by atoms with van der Waals surface area (Å²) in [5.74, 6) is 2.52. The van der Waals surface area contributed by atoms with Crippen molar-refractivity contribution in [1.29, 1.82) is 0 Å². The summed E-state index contributed by atoms with van der Waals surface area (Å²) in [6, 6.07) is 8.69. The molecule has 4 heteroatoms. The molecule has 0 saturated heterocycles. The molecule has 0 aliphatic heterocycles. The Kier molecular flexibility index (Phi) is 4.04. The lowest BCUT2D eigenvalue weighted by Gasteiger charge is -2.30. The van der Waals surface area contributed by atoms with Crippen LogP contribution in [0.15, 0.2) is 30.6 Å². The van der Waals surface area contributed by atoms with Crippen LogP contribution in [0, 0.1) is 0 Å². The van der Waals surface area contributed by atoms with Crippen LogP contribution >= 0.6 is 0 Å². The number of benzene rings is 1. The van der Waals surface area contributed by atoms with Gasteiger partial charge in [-0.2, -0.15) is 0 Å². The van der Waals surface area contributed by atoms with Gasteiger partial charge in [0.1, 0.15) is 18.0 Å². The summed E-state index contributed by atoms with van der Waals surface area (Å²) in [6.45, 7) is 6.04. The summed E-state index contributed by atoms with van der Waals surface area (Å²) in [5, 5.41) is 6.82. The minimum atomic E-state index is 0.600. The van der Waals surface area contributed by atoms with Crippen molar-refractivity contribution in [2.45, 2.75) is 32.6 Å². The van der Waals surface area contributed by atoms with E-state index in [2.05, 4.69) is 58.7 Å². The molecule has 1 heterocycles. The van der Waals surface area contributed by atoms with Gasteiger partial charge in [0.25, 0.3) is 0 Å². The van der Waals surface area contributed by atoms with Crippen molar-refractivity contribution in [3.05, 3.63) is 47.3 Å². The molecule has 21 heavy (non-hydrogen) atoms. The van der Waals surface area contributed by atoms with Crippen LogP contribution in [0.5, 0.6) is 0 Å². The Labute approximate surface area is 126 Å². The smallest absolute Gasteiger partial charge is 0.134 e. The quantitative estimate of drug-likeness (QED) is 0.854. The van der Waals surface area contributed by atoms with Gasteiger partial charge in [0.15, 0.2) is 0 Å². The molecule has 2 aromatic rings. The largest absolute Gasteiger partial charge is 0.370 e. The van der Waals surface area contributed by atoms with E-state index in [0.29, 0.717) is 5.92 Å². The van der Waals surface area contributed by atoms with E-state index in [1.165, 1.54) is 16.7 Å². The van der Waals surface area contributed by atoms with Gasteiger partial charge in [-0.25, -0.2) is 9.97 Å². The molecule has 3 rings (SSSR count). The van der Waals surface area contributed by atoms with Gasteiger partial charge in [0, 0.05) is 24.6 Å². The van der Waals surface area contributed by atoms with Gasteiger partial charge < -0.3 is 10.6 Å². The number of fused-ring (bicyclic) bond motifs is 1. The maximum Gasteiger partial charge on any atom is 0.134 e. The molecular weight excluding hydrogens is 260 g/mol. The first-order valence-electron chi connectivity index (χ1n) is 7.72. The molecule has 0 saturated carbocycles. The molecule has 1 unspecified atom stereocenters. The van der Waals surface area contributed by atoms with Gasteiger partial charge in [-0.05, 0) is 30.9 Å². The average molecular weight is 282 g/mol. The number of rotatable bonds is 6. The normalized spacial score (nSPS) is 16.0. The minimum absolute atomic E-state index is 0.600. The van der Waals surface area contributed by atoms with Gasteiger partial charge >= 0.3 is 0 Å². The van der Waals surface area contributed by atoms with Gasteiger partial charge in [0.05, 0.1) is 0 Å². The van der Waals surface area contributed by atoms with E-state index in [0.717, 1.165) is 37.6 Å². The molecule has 1 aliphatic rings. The topological polar surface area (TPSA) is 49.8 Å². The van der Waals surface area contributed by atoms with Crippen molar-refractivity contribution in [1.82, 2.24) is 9.97 Å². The van der Waals surface area contributed by atoms with Crippen LogP contribution in [-0.4, -0.2) is 23.1 Å². The van der Waals surface area contributed by atoms with Crippen molar-refractivity contribution in [2.24, 2.45) is 0 Å². The fourth-order valence-corrected chi connectivity index (χ4v) is 2.98. The lowest BCUT2D eigenvalue weighted by molar-refractivity contribution is 0.634. The highest BCUT2D eigenvalue weighted by Crippen LogP contribution is 2.35. The first-order valence-corrected chi connectivity index (χ1v) is 7.72. The van der Waals surface area contributed by atoms with Crippen LogP contribution < -0.4 is 10.6 Å². The summed E-state index contributed by atoms with van der Waals surface area (Å²) in [6.07, 6.45) is 3.72. The third-order valence-corrected chi connectivity index (χ3v) is 4.12. The molecule has 110 valence electrons. The molecule has 0 bridgehead atoms. The molecule has 1 aromatic carbocycles. The van der Waals surface area contributed by atoms with Crippen LogP contribution in [-0.2, 0) is 12.8 Å². The van der Waals surface area contributed by atoms with E-state index in [1.807, 2.05) is 0 Å². The Morgan fingerprint density at radius 1 is 1.10 bits per heavy atom. The number of nitrogens with zero attached hydrogens (tertiary/aromatic N) is 2. The average Bonchev–Trinajstić information content (AvgIpc) is 2.49. The summed E-state index contributed by atoms with van der Waals surface area (Å²) >= 11 is 0. The Balaban J connectivity index is 1.70. The second-order valence-corrected chi connectivity index (χ2v) is 5.41. The van der Waals surface area contributed by atoms with Crippen LogP contribution in [0.4, 0.5) is 11.6 Å². The Hall–Kier alpha value is -2.10. The van der Waals surface area contributed by atoms with Crippen molar-refractivity contribution in [3.63, 3.8) is 0 Å². The van der Waals surface area contributed by atoms with Gasteiger partial charge in [0.2, 0.25) is 0 Å². The standard InChI is InChI=1S/C17H22N4/c1-3-14-16(18-4-2)20-11-21-17(14)19-10-13-9-12-7-5-6-8-15(12)13/h5-8,11,13H,3-4,9-10H2,1-2H3,(H2,18,19,20,21). The molecule has 0 fully saturated rings. The maximum atomic E-state index is 4.42. The molecule has 1 atom stereocenters. The highest BCUT2D eigenvalue weighted by molar-refractivity contribution is 5.57. The number of hydrogen-bond acceptors (Lipinski definition) is 4. The monoisotopic (exact) mass is 282 g/mol. The SMILES string of the molecule is CCNc1ncnc(NCC2Cc3ccccc32)c1CC. The second kappa shape index (κ2) is 6.12. The third-order valence-electron chi connectivity index (χ3n) is 4.12. The Morgan fingerprint density at radius 3 is 2.57 bits per heavy atom. The summed E-state index contributed by atoms with van der Waals surface area (Å²) < 4.78 is 0. The lowest BCUT2D eigenvalue weighted by atomic mass is 9.77. The molecule has 0 spiro atoms. The van der Waals surface area contributed by atoms with E-state index in [9.17, 15) is 0 Å². The van der Waals surface area contributed by atoms with Crippen LogP contribution in [0.25, 0.3) is 0 Å². The number of aromatic nitrogens is 2. The van der Waals surface area contributed by atoms with E-state index in [4.69, 9.17) is 0 Å². The highest BCUT2D eigenvalue weighted by Gasteiger charge is 2.25. The first kappa shape index (κ1) is 13.9. The predicted molar refractivity (Wildman–Crippen MR) is 87.0 cm³/mol. The van der Waals surface area contributed by atoms with Crippen molar-refractivity contribution in [3.8, 4) is 0 Å². The fraction of sp³-hybridized carbons (Fsp3) is 0.412. The summed E-state index contributed by atoms with van der Waals surface area (Å²) in [7, 11) is 0. The Bertz CT molecular complexity index is 624. The van der Waals surface area contributed by atoms with E-state index < -0.39 is 0 Å².